The van der Waals surface area contributed by atoms with Crippen molar-refractivity contribution in [3.8, 4) is 0 Å². The van der Waals surface area contributed by atoms with Gasteiger partial charge in [-0.3, -0.25) is 4.68 Å². The summed E-state index contributed by atoms with van der Waals surface area (Å²) in [6, 6.07) is 0. The Balaban J connectivity index is 2.67. The molecule has 1 N–H and O–H groups in total. The molecule has 0 radical (unpaired) electrons. The average Bonchev–Trinajstić information content (AvgIpc) is 2.51. The van der Waals surface area contributed by atoms with Gasteiger partial charge in [-0.2, -0.15) is 5.10 Å². The van der Waals surface area contributed by atoms with Crippen molar-refractivity contribution in [2.24, 2.45) is 5.41 Å². The number of aryl methyl sites for hydroxylation is 2. The van der Waals surface area contributed by atoms with Crippen LogP contribution >= 0.6 is 0 Å². The lowest BCUT2D eigenvalue weighted by molar-refractivity contribution is 0.338. The van der Waals surface area contributed by atoms with Gasteiger partial charge in [-0.1, -0.05) is 20.8 Å². The molecule has 3 nitrogen and oxygen atoms in total. The van der Waals surface area contributed by atoms with Crippen LogP contribution in [-0.4, -0.2) is 21.9 Å². The summed E-state index contributed by atoms with van der Waals surface area (Å²) in [4.78, 5) is 0. The summed E-state index contributed by atoms with van der Waals surface area (Å²) in [5.41, 5.74) is 4.48. The molecule has 1 heterocycles. The molecule has 116 valence electrons. The number of hydrogen-bond acceptors (Lipinski definition) is 2. The molecular formula is C17H33N3. The molecule has 0 aliphatic carbocycles. The first-order chi connectivity index (χ1) is 8.99. The number of hydrogen-bond donors (Lipinski definition) is 1. The van der Waals surface area contributed by atoms with E-state index in [4.69, 9.17) is 5.10 Å². The fraction of sp³-hybridized carbons (Fsp3) is 0.824. The third kappa shape index (κ3) is 5.66. The Kier molecular flexibility index (Phi) is 5.42. The van der Waals surface area contributed by atoms with E-state index in [2.05, 4.69) is 65.4 Å². The number of nitrogens with one attached hydrogen (secondary N) is 1. The smallest absolute Gasteiger partial charge is 0.0628 e. The van der Waals surface area contributed by atoms with Gasteiger partial charge in [0.05, 0.1) is 5.69 Å². The quantitative estimate of drug-likeness (QED) is 0.887. The minimum Gasteiger partial charge on any atom is -0.312 e. The molecule has 0 unspecified atom stereocenters. The van der Waals surface area contributed by atoms with Crippen molar-refractivity contribution in [3.05, 3.63) is 17.0 Å². The Morgan fingerprint density at radius 3 is 2.15 bits per heavy atom. The Labute approximate surface area is 125 Å². The van der Waals surface area contributed by atoms with Crippen molar-refractivity contribution < 1.29 is 0 Å². The Bertz CT molecular complexity index is 430. The van der Waals surface area contributed by atoms with Gasteiger partial charge in [-0.15, -0.1) is 0 Å². The lowest BCUT2D eigenvalue weighted by atomic mass is 9.92. The van der Waals surface area contributed by atoms with Gasteiger partial charge in [-0.05, 0) is 65.0 Å². The molecule has 0 aliphatic heterocycles. The van der Waals surface area contributed by atoms with E-state index in [1.807, 2.05) is 0 Å². The standard InChI is InChI=1S/C17H33N3/c1-13-15(9-11-18-17(6,7)8)14(2)20(19-13)12-10-16(3,4)5/h18H,9-12H2,1-8H3. The number of rotatable bonds is 5. The van der Waals surface area contributed by atoms with E-state index in [1.165, 1.54) is 17.0 Å². The molecule has 0 bridgehead atoms. The molecule has 1 rings (SSSR count). The summed E-state index contributed by atoms with van der Waals surface area (Å²) in [6.07, 6.45) is 2.22. The van der Waals surface area contributed by atoms with Crippen LogP contribution < -0.4 is 5.32 Å². The Hall–Kier alpha value is -0.830. The highest BCUT2D eigenvalue weighted by Crippen LogP contribution is 2.21. The summed E-state index contributed by atoms with van der Waals surface area (Å²) in [5.74, 6) is 0. The Morgan fingerprint density at radius 1 is 1.05 bits per heavy atom. The molecule has 0 saturated carbocycles. The second-order valence-electron chi connectivity index (χ2n) is 8.11. The number of aromatic nitrogens is 2. The van der Waals surface area contributed by atoms with Crippen LogP contribution in [0.1, 0.15) is 64.9 Å². The van der Waals surface area contributed by atoms with Crippen LogP contribution in [0.2, 0.25) is 0 Å². The summed E-state index contributed by atoms with van der Waals surface area (Å²) in [7, 11) is 0. The third-order valence-corrected chi connectivity index (χ3v) is 3.64. The van der Waals surface area contributed by atoms with Crippen molar-refractivity contribution in [2.75, 3.05) is 6.54 Å². The second-order valence-corrected chi connectivity index (χ2v) is 8.11. The lowest BCUT2D eigenvalue weighted by Crippen LogP contribution is -2.37. The fourth-order valence-corrected chi connectivity index (χ4v) is 2.32. The van der Waals surface area contributed by atoms with E-state index in [1.54, 1.807) is 0 Å². The molecular weight excluding hydrogens is 246 g/mol. The molecule has 0 fully saturated rings. The zero-order valence-corrected chi connectivity index (χ0v) is 14.7. The van der Waals surface area contributed by atoms with Gasteiger partial charge in [0.25, 0.3) is 0 Å². The Morgan fingerprint density at radius 2 is 1.65 bits per heavy atom. The zero-order chi connectivity index (χ0) is 15.6. The van der Waals surface area contributed by atoms with E-state index < -0.39 is 0 Å². The van der Waals surface area contributed by atoms with Gasteiger partial charge in [0.1, 0.15) is 0 Å². The van der Waals surface area contributed by atoms with Crippen LogP contribution in [-0.2, 0) is 13.0 Å². The van der Waals surface area contributed by atoms with Crippen LogP contribution in [0, 0.1) is 19.3 Å². The van der Waals surface area contributed by atoms with Crippen molar-refractivity contribution in [2.45, 2.75) is 80.3 Å². The normalized spacial score (nSPS) is 13.0. The summed E-state index contributed by atoms with van der Waals surface area (Å²) in [6.45, 7) is 19.8. The van der Waals surface area contributed by atoms with E-state index in [0.29, 0.717) is 5.41 Å². The maximum atomic E-state index is 4.72. The maximum Gasteiger partial charge on any atom is 0.0628 e. The first-order valence-corrected chi connectivity index (χ1v) is 7.77. The van der Waals surface area contributed by atoms with E-state index >= 15 is 0 Å². The molecule has 0 spiro atoms. The van der Waals surface area contributed by atoms with Gasteiger partial charge >= 0.3 is 0 Å². The SMILES string of the molecule is Cc1nn(CCC(C)(C)C)c(C)c1CCNC(C)(C)C. The monoisotopic (exact) mass is 279 g/mol. The lowest BCUT2D eigenvalue weighted by Gasteiger charge is -2.20. The van der Waals surface area contributed by atoms with E-state index in [9.17, 15) is 0 Å². The van der Waals surface area contributed by atoms with Crippen molar-refractivity contribution >= 4 is 0 Å². The molecule has 3 heteroatoms. The summed E-state index contributed by atoms with van der Waals surface area (Å²) < 4.78 is 2.19. The first-order valence-electron chi connectivity index (χ1n) is 7.77. The van der Waals surface area contributed by atoms with Crippen LogP contribution in [0.3, 0.4) is 0 Å². The van der Waals surface area contributed by atoms with Crippen LogP contribution in [0.25, 0.3) is 0 Å². The minimum atomic E-state index is 0.185. The average molecular weight is 279 g/mol. The van der Waals surface area contributed by atoms with Crippen LogP contribution in [0.4, 0.5) is 0 Å². The molecule has 0 amide bonds. The van der Waals surface area contributed by atoms with E-state index in [0.717, 1.165) is 25.9 Å². The molecule has 0 aliphatic rings. The second kappa shape index (κ2) is 6.30. The molecule has 0 aromatic carbocycles. The molecule has 1 aromatic heterocycles. The predicted molar refractivity (Wildman–Crippen MR) is 87.2 cm³/mol. The van der Waals surface area contributed by atoms with E-state index in [-0.39, 0.29) is 5.54 Å². The summed E-state index contributed by atoms with van der Waals surface area (Å²) >= 11 is 0. The van der Waals surface area contributed by atoms with Crippen molar-refractivity contribution in [3.63, 3.8) is 0 Å². The topological polar surface area (TPSA) is 29.9 Å². The van der Waals surface area contributed by atoms with Crippen LogP contribution in [0.15, 0.2) is 0 Å². The molecule has 0 saturated heterocycles. The first kappa shape index (κ1) is 17.2. The van der Waals surface area contributed by atoms with Gasteiger partial charge in [-0.25, -0.2) is 0 Å². The highest BCUT2D eigenvalue weighted by atomic mass is 15.3. The van der Waals surface area contributed by atoms with Crippen molar-refractivity contribution in [1.29, 1.82) is 0 Å². The highest BCUT2D eigenvalue weighted by molar-refractivity contribution is 5.24. The van der Waals surface area contributed by atoms with Crippen molar-refractivity contribution in [1.82, 2.24) is 15.1 Å². The predicted octanol–water partition coefficient (Wildman–Crippen LogP) is 3.87. The molecule has 1 aromatic rings. The molecule has 20 heavy (non-hydrogen) atoms. The van der Waals surface area contributed by atoms with Gasteiger partial charge in [0, 0.05) is 17.8 Å². The van der Waals surface area contributed by atoms with Gasteiger partial charge < -0.3 is 5.32 Å². The summed E-state index contributed by atoms with van der Waals surface area (Å²) in [5, 5.41) is 8.27. The zero-order valence-electron chi connectivity index (χ0n) is 14.7. The largest absolute Gasteiger partial charge is 0.312 e. The molecule has 0 atom stereocenters. The minimum absolute atomic E-state index is 0.185. The third-order valence-electron chi connectivity index (χ3n) is 3.64. The van der Waals surface area contributed by atoms with Crippen LogP contribution in [0.5, 0.6) is 0 Å². The fourth-order valence-electron chi connectivity index (χ4n) is 2.32. The van der Waals surface area contributed by atoms with Gasteiger partial charge in [0.15, 0.2) is 0 Å². The highest BCUT2D eigenvalue weighted by Gasteiger charge is 2.15. The maximum absolute atomic E-state index is 4.72. The number of nitrogens with zero attached hydrogens (tertiary/aromatic N) is 2. The van der Waals surface area contributed by atoms with Gasteiger partial charge in [0.2, 0.25) is 0 Å².